The van der Waals surface area contributed by atoms with Gasteiger partial charge in [-0.3, -0.25) is 0 Å². The van der Waals surface area contributed by atoms with Gasteiger partial charge in [-0.05, 0) is 36.2 Å². The minimum Gasteiger partial charge on any atom is -0.368 e. The lowest BCUT2D eigenvalue weighted by Gasteiger charge is -2.28. The van der Waals surface area contributed by atoms with E-state index in [1.54, 1.807) is 0 Å². The molecular weight excluding hydrogens is 256 g/mol. The molecule has 2 aromatic rings. The van der Waals surface area contributed by atoms with Gasteiger partial charge in [-0.15, -0.1) is 0 Å². The summed E-state index contributed by atoms with van der Waals surface area (Å²) in [7, 11) is 2.07. The third-order valence-electron chi connectivity index (χ3n) is 3.49. The van der Waals surface area contributed by atoms with Crippen LogP contribution in [0.1, 0.15) is 24.1 Å². The van der Waals surface area contributed by atoms with Crippen LogP contribution in [-0.2, 0) is 6.54 Å². The Balaban J connectivity index is 2.28. The predicted molar refractivity (Wildman–Crippen MR) is 82.6 cm³/mol. The smallest absolute Gasteiger partial charge is 0.0525 e. The number of benzene rings is 2. The van der Waals surface area contributed by atoms with Gasteiger partial charge in [0, 0.05) is 24.3 Å². The first-order chi connectivity index (χ1) is 9.13. The number of hydrogen-bond donors (Lipinski definition) is 1. The van der Waals surface area contributed by atoms with Crippen LogP contribution in [0.5, 0.6) is 0 Å². The molecule has 0 aromatic heterocycles. The van der Waals surface area contributed by atoms with Gasteiger partial charge >= 0.3 is 0 Å². The van der Waals surface area contributed by atoms with Crippen molar-refractivity contribution in [1.29, 1.82) is 0 Å². The summed E-state index contributed by atoms with van der Waals surface area (Å²) in [5.74, 6) is 0. The van der Waals surface area contributed by atoms with Crippen LogP contribution in [0.25, 0.3) is 0 Å². The molecule has 0 amide bonds. The van der Waals surface area contributed by atoms with Gasteiger partial charge in [0.2, 0.25) is 0 Å². The maximum Gasteiger partial charge on any atom is 0.0525 e. The first-order valence-corrected chi connectivity index (χ1v) is 6.77. The summed E-state index contributed by atoms with van der Waals surface area (Å²) in [5, 5.41) is 0.803. The Morgan fingerprint density at radius 3 is 2.58 bits per heavy atom. The number of nitrogens with two attached hydrogens (primary N) is 1. The monoisotopic (exact) mass is 274 g/mol. The molecule has 2 aromatic carbocycles. The van der Waals surface area contributed by atoms with E-state index in [2.05, 4.69) is 37.1 Å². The molecule has 0 aliphatic heterocycles. The van der Waals surface area contributed by atoms with E-state index in [1.165, 1.54) is 0 Å². The summed E-state index contributed by atoms with van der Waals surface area (Å²) in [6.07, 6.45) is 0. The number of hydrogen-bond acceptors (Lipinski definition) is 2. The van der Waals surface area contributed by atoms with Gasteiger partial charge in [-0.25, -0.2) is 0 Å². The Bertz CT molecular complexity index is 554. The molecule has 1 atom stereocenters. The summed E-state index contributed by atoms with van der Waals surface area (Å²) in [6.45, 7) is 2.71. The fraction of sp³-hybridized carbons (Fsp3) is 0.250. The highest BCUT2D eigenvalue weighted by Crippen LogP contribution is 2.30. The molecule has 0 aliphatic carbocycles. The van der Waals surface area contributed by atoms with Crippen LogP contribution in [0.4, 0.5) is 5.69 Å². The maximum absolute atomic E-state index is 6.26. The highest BCUT2D eigenvalue weighted by atomic mass is 35.5. The molecule has 0 saturated carbocycles. The number of nitrogens with zero attached hydrogens (tertiary/aromatic N) is 1. The topological polar surface area (TPSA) is 29.3 Å². The number of halogens is 1. The lowest BCUT2D eigenvalue weighted by Crippen LogP contribution is -2.22. The van der Waals surface area contributed by atoms with E-state index in [0.29, 0.717) is 6.54 Å². The van der Waals surface area contributed by atoms with Crippen LogP contribution in [0, 0.1) is 0 Å². The fourth-order valence-corrected chi connectivity index (χ4v) is 2.44. The van der Waals surface area contributed by atoms with E-state index >= 15 is 0 Å². The molecule has 0 bridgehead atoms. The molecule has 2 N–H and O–H groups in total. The molecule has 1 unspecified atom stereocenters. The Hall–Kier alpha value is -1.51. The quantitative estimate of drug-likeness (QED) is 0.913. The van der Waals surface area contributed by atoms with Gasteiger partial charge in [-0.1, -0.05) is 41.9 Å². The van der Waals surface area contributed by atoms with Crippen LogP contribution >= 0.6 is 11.6 Å². The SMILES string of the molecule is CC(c1ccccc1Cl)N(C)c1cccc(CN)c1. The average molecular weight is 275 g/mol. The first kappa shape index (κ1) is 13.9. The molecule has 0 heterocycles. The molecule has 19 heavy (non-hydrogen) atoms. The van der Waals surface area contributed by atoms with Crippen molar-refractivity contribution in [2.24, 2.45) is 5.73 Å². The standard InChI is InChI=1S/C16H19ClN2/c1-12(15-8-3-4-9-16(15)17)19(2)14-7-5-6-13(10-14)11-18/h3-10,12H,11,18H2,1-2H3. The minimum atomic E-state index is 0.210. The summed E-state index contributed by atoms with van der Waals surface area (Å²) in [6, 6.07) is 16.5. The zero-order chi connectivity index (χ0) is 13.8. The molecule has 0 radical (unpaired) electrons. The lowest BCUT2D eigenvalue weighted by molar-refractivity contribution is 0.739. The van der Waals surface area contributed by atoms with Crippen LogP contribution in [-0.4, -0.2) is 7.05 Å². The zero-order valence-corrected chi connectivity index (χ0v) is 12.1. The molecule has 100 valence electrons. The second-order valence-electron chi connectivity index (χ2n) is 4.68. The Morgan fingerprint density at radius 2 is 1.89 bits per heavy atom. The van der Waals surface area contributed by atoms with Crippen LogP contribution in [0.15, 0.2) is 48.5 Å². The molecular formula is C16H19ClN2. The van der Waals surface area contributed by atoms with Gasteiger partial charge in [-0.2, -0.15) is 0 Å². The van der Waals surface area contributed by atoms with Gasteiger partial charge in [0.05, 0.1) is 6.04 Å². The van der Waals surface area contributed by atoms with Crippen LogP contribution in [0.2, 0.25) is 5.02 Å². The van der Waals surface area contributed by atoms with Gasteiger partial charge < -0.3 is 10.6 Å². The van der Waals surface area contributed by atoms with Gasteiger partial charge in [0.15, 0.2) is 0 Å². The summed E-state index contributed by atoms with van der Waals surface area (Å²) < 4.78 is 0. The maximum atomic E-state index is 6.26. The van der Waals surface area contributed by atoms with Crippen molar-refractivity contribution in [1.82, 2.24) is 0 Å². The Kier molecular flexibility index (Phi) is 4.46. The second kappa shape index (κ2) is 6.09. The summed E-state index contributed by atoms with van der Waals surface area (Å²) in [4.78, 5) is 2.21. The van der Waals surface area contributed by atoms with Crippen molar-refractivity contribution in [2.75, 3.05) is 11.9 Å². The average Bonchev–Trinajstić information content (AvgIpc) is 2.46. The first-order valence-electron chi connectivity index (χ1n) is 6.39. The van der Waals surface area contributed by atoms with E-state index < -0.39 is 0 Å². The summed E-state index contributed by atoms with van der Waals surface area (Å²) in [5.41, 5.74) is 9.10. The van der Waals surface area contributed by atoms with Crippen molar-refractivity contribution in [3.63, 3.8) is 0 Å². The highest BCUT2D eigenvalue weighted by molar-refractivity contribution is 6.31. The zero-order valence-electron chi connectivity index (χ0n) is 11.3. The number of anilines is 1. The Labute approximate surface area is 119 Å². The third-order valence-corrected chi connectivity index (χ3v) is 3.83. The summed E-state index contributed by atoms with van der Waals surface area (Å²) >= 11 is 6.26. The minimum absolute atomic E-state index is 0.210. The normalized spacial score (nSPS) is 12.2. The molecule has 0 aliphatic rings. The lowest BCUT2D eigenvalue weighted by atomic mass is 10.1. The van der Waals surface area contributed by atoms with Crippen molar-refractivity contribution < 1.29 is 0 Å². The fourth-order valence-electron chi connectivity index (χ4n) is 2.15. The van der Waals surface area contributed by atoms with Crippen LogP contribution < -0.4 is 10.6 Å². The number of rotatable bonds is 4. The van der Waals surface area contributed by atoms with E-state index in [9.17, 15) is 0 Å². The van der Waals surface area contributed by atoms with E-state index in [4.69, 9.17) is 17.3 Å². The van der Waals surface area contributed by atoms with Gasteiger partial charge in [0.1, 0.15) is 0 Å². The van der Waals surface area contributed by atoms with E-state index in [-0.39, 0.29) is 6.04 Å². The molecule has 0 spiro atoms. The Morgan fingerprint density at radius 1 is 1.16 bits per heavy atom. The molecule has 0 fully saturated rings. The largest absolute Gasteiger partial charge is 0.368 e. The molecule has 2 rings (SSSR count). The molecule has 3 heteroatoms. The molecule has 0 saturated heterocycles. The predicted octanol–water partition coefficient (Wildman–Crippen LogP) is 4.00. The van der Waals surface area contributed by atoms with Crippen molar-refractivity contribution in [2.45, 2.75) is 19.5 Å². The second-order valence-corrected chi connectivity index (χ2v) is 5.09. The van der Waals surface area contributed by atoms with Crippen LogP contribution in [0.3, 0.4) is 0 Å². The third kappa shape index (κ3) is 3.09. The van der Waals surface area contributed by atoms with Crippen molar-refractivity contribution in [3.05, 3.63) is 64.7 Å². The van der Waals surface area contributed by atoms with E-state index in [0.717, 1.165) is 21.8 Å². The van der Waals surface area contributed by atoms with Gasteiger partial charge in [0.25, 0.3) is 0 Å². The van der Waals surface area contributed by atoms with Crippen molar-refractivity contribution in [3.8, 4) is 0 Å². The van der Waals surface area contributed by atoms with Crippen molar-refractivity contribution >= 4 is 17.3 Å². The van der Waals surface area contributed by atoms with E-state index in [1.807, 2.05) is 30.3 Å². The molecule has 2 nitrogen and oxygen atoms in total. The highest BCUT2D eigenvalue weighted by Gasteiger charge is 2.14.